The lowest BCUT2D eigenvalue weighted by atomic mass is 10.1. The van der Waals surface area contributed by atoms with Crippen molar-refractivity contribution in [2.75, 3.05) is 11.9 Å². The molecule has 0 bridgehead atoms. The van der Waals surface area contributed by atoms with Crippen molar-refractivity contribution >= 4 is 45.6 Å². The van der Waals surface area contributed by atoms with Crippen molar-refractivity contribution in [2.24, 2.45) is 0 Å². The molecule has 0 aliphatic heterocycles. The van der Waals surface area contributed by atoms with Crippen LogP contribution in [0.25, 0.3) is 28.0 Å². The van der Waals surface area contributed by atoms with Crippen LogP contribution < -0.4 is 5.32 Å². The Bertz CT molecular complexity index is 1240. The lowest BCUT2D eigenvalue weighted by Gasteiger charge is -2.06. The summed E-state index contributed by atoms with van der Waals surface area (Å²) in [7, 11) is 0. The van der Waals surface area contributed by atoms with Gasteiger partial charge in [-0.2, -0.15) is 0 Å². The SMILES string of the molecule is CCOC(=O)/C=C/c1cccc(NC(=O)c2ccc3oc4ccccc4c3c2)c1. The van der Waals surface area contributed by atoms with Gasteiger partial charge in [0.05, 0.1) is 6.61 Å². The van der Waals surface area contributed by atoms with Gasteiger partial charge < -0.3 is 14.5 Å². The second-order valence-electron chi connectivity index (χ2n) is 6.47. The molecule has 5 heteroatoms. The second kappa shape index (κ2) is 8.02. The number of hydrogen-bond donors (Lipinski definition) is 1. The second-order valence-corrected chi connectivity index (χ2v) is 6.47. The predicted molar refractivity (Wildman–Crippen MR) is 114 cm³/mol. The van der Waals surface area contributed by atoms with Crippen LogP contribution in [0, 0.1) is 0 Å². The molecular weight excluding hydrogens is 366 g/mol. The number of para-hydroxylation sites is 1. The maximum atomic E-state index is 12.7. The van der Waals surface area contributed by atoms with Crippen molar-refractivity contribution in [3.8, 4) is 0 Å². The molecule has 4 rings (SSSR count). The number of esters is 1. The fraction of sp³-hybridized carbons (Fsp3) is 0.0833. The summed E-state index contributed by atoms with van der Waals surface area (Å²) in [4.78, 5) is 24.2. The molecule has 1 aromatic heterocycles. The van der Waals surface area contributed by atoms with Gasteiger partial charge in [0, 0.05) is 28.1 Å². The first-order valence-corrected chi connectivity index (χ1v) is 9.31. The van der Waals surface area contributed by atoms with E-state index in [9.17, 15) is 9.59 Å². The van der Waals surface area contributed by atoms with Crippen LogP contribution in [0.4, 0.5) is 5.69 Å². The highest BCUT2D eigenvalue weighted by Crippen LogP contribution is 2.29. The minimum absolute atomic E-state index is 0.219. The first-order valence-electron chi connectivity index (χ1n) is 9.31. The normalized spacial score (nSPS) is 11.2. The van der Waals surface area contributed by atoms with Gasteiger partial charge in [0.2, 0.25) is 0 Å². The number of benzene rings is 3. The number of anilines is 1. The Morgan fingerprint density at radius 2 is 1.79 bits per heavy atom. The van der Waals surface area contributed by atoms with Gasteiger partial charge in [-0.3, -0.25) is 4.79 Å². The molecule has 0 aliphatic carbocycles. The van der Waals surface area contributed by atoms with Crippen molar-refractivity contribution in [3.63, 3.8) is 0 Å². The van der Waals surface area contributed by atoms with E-state index in [1.165, 1.54) is 6.08 Å². The lowest BCUT2D eigenvalue weighted by Crippen LogP contribution is -2.11. The fourth-order valence-electron chi connectivity index (χ4n) is 3.15. The van der Waals surface area contributed by atoms with Crippen molar-refractivity contribution in [1.82, 2.24) is 0 Å². The summed E-state index contributed by atoms with van der Waals surface area (Å²) in [5, 5.41) is 4.77. The Morgan fingerprint density at radius 3 is 2.66 bits per heavy atom. The molecule has 0 saturated heterocycles. The van der Waals surface area contributed by atoms with Crippen molar-refractivity contribution in [3.05, 3.63) is 83.9 Å². The number of furan rings is 1. The van der Waals surface area contributed by atoms with Gasteiger partial charge in [-0.1, -0.05) is 30.3 Å². The van der Waals surface area contributed by atoms with Crippen molar-refractivity contribution in [2.45, 2.75) is 6.92 Å². The van der Waals surface area contributed by atoms with E-state index in [1.807, 2.05) is 48.5 Å². The zero-order valence-electron chi connectivity index (χ0n) is 15.8. The summed E-state index contributed by atoms with van der Waals surface area (Å²) < 4.78 is 10.7. The number of rotatable bonds is 5. The molecule has 0 spiro atoms. The van der Waals surface area contributed by atoms with Gasteiger partial charge in [-0.25, -0.2) is 4.79 Å². The van der Waals surface area contributed by atoms with E-state index >= 15 is 0 Å². The van der Waals surface area contributed by atoms with Gasteiger partial charge in [0.15, 0.2) is 0 Å². The van der Waals surface area contributed by atoms with Gasteiger partial charge in [-0.05, 0) is 55.0 Å². The molecule has 5 nitrogen and oxygen atoms in total. The first kappa shape index (κ1) is 18.5. The molecule has 0 atom stereocenters. The summed E-state index contributed by atoms with van der Waals surface area (Å²) in [6.07, 6.45) is 3.01. The van der Waals surface area contributed by atoms with Crippen LogP contribution in [0.3, 0.4) is 0 Å². The summed E-state index contributed by atoms with van der Waals surface area (Å²) in [6, 6.07) is 20.4. The van der Waals surface area contributed by atoms with Crippen LogP contribution >= 0.6 is 0 Å². The Morgan fingerprint density at radius 1 is 0.966 bits per heavy atom. The highest BCUT2D eigenvalue weighted by Gasteiger charge is 2.11. The molecule has 144 valence electrons. The Labute approximate surface area is 167 Å². The Hall–Kier alpha value is -3.86. The van der Waals surface area contributed by atoms with Gasteiger partial charge in [0.1, 0.15) is 11.2 Å². The summed E-state index contributed by atoms with van der Waals surface area (Å²) in [5.41, 5.74) is 3.50. The molecule has 29 heavy (non-hydrogen) atoms. The van der Waals surface area contributed by atoms with Crippen molar-refractivity contribution in [1.29, 1.82) is 0 Å². The number of carbonyl (C=O) groups is 2. The molecule has 0 fully saturated rings. The number of ether oxygens (including phenoxy) is 1. The average molecular weight is 385 g/mol. The maximum Gasteiger partial charge on any atom is 0.330 e. The van der Waals surface area contributed by atoms with Crippen LogP contribution in [-0.4, -0.2) is 18.5 Å². The topological polar surface area (TPSA) is 68.5 Å². The molecule has 4 aromatic rings. The summed E-state index contributed by atoms with van der Waals surface area (Å²) in [6.45, 7) is 2.08. The predicted octanol–water partition coefficient (Wildman–Crippen LogP) is 5.41. The van der Waals surface area contributed by atoms with E-state index in [1.54, 1.807) is 31.2 Å². The number of carbonyl (C=O) groups excluding carboxylic acids is 2. The summed E-state index contributed by atoms with van der Waals surface area (Å²) in [5.74, 6) is -0.619. The maximum absolute atomic E-state index is 12.7. The number of nitrogens with one attached hydrogen (secondary N) is 1. The highest BCUT2D eigenvalue weighted by atomic mass is 16.5. The molecule has 1 amide bonds. The first-order chi connectivity index (χ1) is 14.1. The minimum Gasteiger partial charge on any atom is -0.463 e. The van der Waals surface area contributed by atoms with Gasteiger partial charge in [0.25, 0.3) is 5.91 Å². The number of hydrogen-bond acceptors (Lipinski definition) is 4. The van der Waals surface area contributed by atoms with Gasteiger partial charge >= 0.3 is 5.97 Å². The van der Waals surface area contributed by atoms with Crippen LogP contribution in [-0.2, 0) is 9.53 Å². The molecule has 0 aliphatic rings. The smallest absolute Gasteiger partial charge is 0.330 e. The van der Waals surface area contributed by atoms with E-state index < -0.39 is 5.97 Å². The van der Waals surface area contributed by atoms with E-state index in [2.05, 4.69) is 5.32 Å². The van der Waals surface area contributed by atoms with E-state index in [-0.39, 0.29) is 5.91 Å². The van der Waals surface area contributed by atoms with E-state index in [0.29, 0.717) is 17.9 Å². The molecule has 1 heterocycles. The summed E-state index contributed by atoms with van der Waals surface area (Å²) >= 11 is 0. The van der Waals surface area contributed by atoms with Crippen LogP contribution in [0.1, 0.15) is 22.8 Å². The zero-order chi connectivity index (χ0) is 20.2. The monoisotopic (exact) mass is 385 g/mol. The van der Waals surface area contributed by atoms with E-state index in [0.717, 1.165) is 27.5 Å². The molecule has 0 unspecified atom stereocenters. The average Bonchev–Trinajstić information content (AvgIpc) is 3.11. The highest BCUT2D eigenvalue weighted by molar-refractivity contribution is 6.11. The fourth-order valence-corrected chi connectivity index (χ4v) is 3.15. The number of amides is 1. The van der Waals surface area contributed by atoms with Gasteiger partial charge in [-0.15, -0.1) is 0 Å². The van der Waals surface area contributed by atoms with E-state index in [4.69, 9.17) is 9.15 Å². The zero-order valence-corrected chi connectivity index (χ0v) is 15.8. The molecular formula is C24H19NO4. The molecule has 1 N–H and O–H groups in total. The third-order valence-electron chi connectivity index (χ3n) is 4.48. The van der Waals surface area contributed by atoms with Crippen LogP contribution in [0.15, 0.2) is 77.2 Å². The molecule has 3 aromatic carbocycles. The quantitative estimate of drug-likeness (QED) is 0.368. The Kier molecular flexibility index (Phi) is 5.12. The van der Waals surface area contributed by atoms with Crippen molar-refractivity contribution < 1.29 is 18.7 Å². The Balaban J connectivity index is 1.55. The minimum atomic E-state index is -0.400. The van der Waals surface area contributed by atoms with Crippen LogP contribution in [0.2, 0.25) is 0 Å². The molecule has 0 radical (unpaired) electrons. The third kappa shape index (κ3) is 4.04. The lowest BCUT2D eigenvalue weighted by molar-refractivity contribution is -0.137. The molecule has 0 saturated carbocycles. The standard InChI is InChI=1S/C24H19NO4/c1-2-28-23(26)13-10-16-6-5-7-18(14-16)25-24(27)17-11-12-22-20(15-17)19-8-3-4-9-21(19)29-22/h3-15H,2H2,1H3,(H,25,27)/b13-10+. The van der Waals surface area contributed by atoms with Crippen LogP contribution in [0.5, 0.6) is 0 Å². The number of fused-ring (bicyclic) bond motifs is 3. The third-order valence-corrected chi connectivity index (χ3v) is 4.48. The largest absolute Gasteiger partial charge is 0.463 e.